The molecule has 0 bridgehead atoms. The fourth-order valence-corrected chi connectivity index (χ4v) is 5.92. The lowest BCUT2D eigenvalue weighted by Gasteiger charge is -2.24. The number of aromatic nitrogens is 1. The van der Waals surface area contributed by atoms with E-state index in [1.165, 1.54) is 23.5 Å². The molecule has 2 amide bonds. The lowest BCUT2D eigenvalue weighted by molar-refractivity contribution is -0.126. The number of ether oxygens (including phenoxy) is 1. The van der Waals surface area contributed by atoms with Crippen LogP contribution >= 0.6 is 11.3 Å². The number of nitrogens with one attached hydrogen (secondary N) is 2. The highest BCUT2D eigenvalue weighted by Gasteiger charge is 2.26. The highest BCUT2D eigenvalue weighted by atomic mass is 32.1. The second-order valence-corrected chi connectivity index (χ2v) is 11.3. The van der Waals surface area contributed by atoms with Gasteiger partial charge in [-0.25, -0.2) is 9.78 Å². The predicted octanol–water partition coefficient (Wildman–Crippen LogP) is 6.65. The van der Waals surface area contributed by atoms with E-state index < -0.39 is 17.9 Å². The Balaban J connectivity index is 1.30. The van der Waals surface area contributed by atoms with Crippen molar-refractivity contribution in [3.63, 3.8) is 0 Å². The minimum atomic E-state index is -1.13. The number of carbonyl (C=O) groups is 3. The molecular formula is C33H33N3O5S. The van der Waals surface area contributed by atoms with E-state index >= 15 is 0 Å². The van der Waals surface area contributed by atoms with Crippen molar-refractivity contribution < 1.29 is 24.2 Å². The third kappa shape index (κ3) is 7.61. The van der Waals surface area contributed by atoms with Gasteiger partial charge in [-0.05, 0) is 54.7 Å². The Hall–Kier alpha value is -4.50. The van der Waals surface area contributed by atoms with E-state index in [1.54, 1.807) is 17.5 Å². The molecule has 1 aliphatic carbocycles. The molecule has 9 heteroatoms. The summed E-state index contributed by atoms with van der Waals surface area (Å²) in [6.07, 6.45) is 5.50. The quantitative estimate of drug-likeness (QED) is 0.182. The summed E-state index contributed by atoms with van der Waals surface area (Å²) in [5.74, 6) is -0.903. The Bertz CT molecular complexity index is 1510. The Morgan fingerprint density at radius 3 is 2.36 bits per heavy atom. The summed E-state index contributed by atoms with van der Waals surface area (Å²) in [5.41, 5.74) is 2.43. The number of carboxylic acid groups (broad SMARTS) is 1. The molecule has 3 N–H and O–H groups in total. The summed E-state index contributed by atoms with van der Waals surface area (Å²) in [5, 5.41) is 17.6. The second kappa shape index (κ2) is 13.9. The van der Waals surface area contributed by atoms with Gasteiger partial charge >= 0.3 is 5.97 Å². The summed E-state index contributed by atoms with van der Waals surface area (Å²) >= 11 is 1.30. The zero-order valence-corrected chi connectivity index (χ0v) is 23.9. The summed E-state index contributed by atoms with van der Waals surface area (Å²) in [4.78, 5) is 42.4. The van der Waals surface area contributed by atoms with Crippen LogP contribution in [0.1, 0.15) is 75.1 Å². The number of carboxylic acids is 1. The lowest BCUT2D eigenvalue weighted by Crippen LogP contribution is -2.36. The van der Waals surface area contributed by atoms with E-state index in [0.717, 1.165) is 49.0 Å². The molecule has 0 saturated heterocycles. The Morgan fingerprint density at radius 1 is 0.905 bits per heavy atom. The van der Waals surface area contributed by atoms with Gasteiger partial charge in [-0.15, -0.1) is 11.3 Å². The molecule has 0 aliphatic heterocycles. The first-order valence-corrected chi connectivity index (χ1v) is 15.0. The number of para-hydroxylation sites is 1. The highest BCUT2D eigenvalue weighted by Crippen LogP contribution is 2.28. The van der Waals surface area contributed by atoms with Crippen molar-refractivity contribution in [3.8, 4) is 5.75 Å². The average molecular weight is 584 g/mol. The molecule has 1 atom stereocenters. The molecule has 1 heterocycles. The molecule has 8 nitrogen and oxygen atoms in total. The molecule has 0 radical (unpaired) electrons. The molecule has 1 aliphatic rings. The normalized spacial score (nSPS) is 14.1. The molecular weight excluding hydrogens is 550 g/mol. The van der Waals surface area contributed by atoms with Gasteiger partial charge in [-0.2, -0.15) is 0 Å². The van der Waals surface area contributed by atoms with Crippen molar-refractivity contribution >= 4 is 34.8 Å². The Morgan fingerprint density at radius 2 is 1.62 bits per heavy atom. The number of rotatable bonds is 11. The van der Waals surface area contributed by atoms with Crippen molar-refractivity contribution in [2.45, 2.75) is 51.2 Å². The monoisotopic (exact) mass is 583 g/mol. The number of carbonyl (C=O) groups excluding carboxylic acids is 2. The fourth-order valence-electron chi connectivity index (χ4n) is 5.07. The average Bonchev–Trinajstić information content (AvgIpc) is 3.52. The molecule has 0 unspecified atom stereocenters. The molecule has 0 spiro atoms. The van der Waals surface area contributed by atoms with E-state index in [9.17, 15) is 19.5 Å². The first kappa shape index (κ1) is 29.0. The number of nitrogens with zero attached hydrogens (tertiary/aromatic N) is 1. The third-order valence-corrected chi connectivity index (χ3v) is 8.32. The zero-order chi connectivity index (χ0) is 29.3. The van der Waals surface area contributed by atoms with Crippen molar-refractivity contribution in [1.82, 2.24) is 10.3 Å². The first-order chi connectivity index (χ1) is 20.5. The van der Waals surface area contributed by atoms with Crippen LogP contribution < -0.4 is 15.4 Å². The maximum atomic E-state index is 13.2. The van der Waals surface area contributed by atoms with Crippen molar-refractivity contribution in [2.75, 3.05) is 5.32 Å². The topological polar surface area (TPSA) is 118 Å². The smallest absolute Gasteiger partial charge is 0.337 e. The van der Waals surface area contributed by atoms with E-state index in [0.29, 0.717) is 18.0 Å². The maximum absolute atomic E-state index is 13.2. The van der Waals surface area contributed by atoms with Crippen LogP contribution in [0.5, 0.6) is 5.75 Å². The summed E-state index contributed by atoms with van der Waals surface area (Å²) in [6.45, 7) is 0.473. The standard InChI is InChI=1S/C33H33N3O5S/c37-30(24-11-5-2-6-12-24)35-28(19-22-15-17-25(18-16-22)41-20-23-9-3-1-4-10-23)32-36-29(21-42-32)31(38)34-27-14-8-7-13-26(27)33(39)40/h1,3-4,7-10,13-18,21,24,28H,2,5-6,11-12,19-20H2,(H,34,38)(H,35,37)(H,39,40)/t28-/m0/s1. The number of hydrogen-bond donors (Lipinski definition) is 3. The van der Waals surface area contributed by atoms with E-state index in [-0.39, 0.29) is 28.8 Å². The van der Waals surface area contributed by atoms with Crippen LogP contribution in [-0.2, 0) is 17.8 Å². The Kier molecular flexibility index (Phi) is 9.61. The van der Waals surface area contributed by atoms with Gasteiger partial charge < -0.3 is 20.5 Å². The van der Waals surface area contributed by atoms with Gasteiger partial charge in [0.05, 0.1) is 17.3 Å². The van der Waals surface area contributed by atoms with Crippen LogP contribution in [0.25, 0.3) is 0 Å². The van der Waals surface area contributed by atoms with E-state index in [4.69, 9.17) is 4.74 Å². The summed E-state index contributed by atoms with van der Waals surface area (Å²) in [6, 6.07) is 23.5. The third-order valence-electron chi connectivity index (χ3n) is 7.36. The molecule has 1 aromatic heterocycles. The summed E-state index contributed by atoms with van der Waals surface area (Å²) < 4.78 is 5.92. The first-order valence-electron chi connectivity index (χ1n) is 14.1. The van der Waals surface area contributed by atoms with E-state index in [2.05, 4.69) is 15.6 Å². The van der Waals surface area contributed by atoms with Gasteiger partial charge in [-0.3, -0.25) is 9.59 Å². The van der Waals surface area contributed by atoms with Crippen molar-refractivity contribution in [1.29, 1.82) is 0 Å². The van der Waals surface area contributed by atoms with Crippen molar-refractivity contribution in [3.05, 3.63) is 112 Å². The molecule has 3 aromatic carbocycles. The van der Waals surface area contributed by atoms with Gasteiger partial charge in [0.1, 0.15) is 23.1 Å². The molecule has 216 valence electrons. The minimum absolute atomic E-state index is 0.00452. The number of hydrogen-bond acceptors (Lipinski definition) is 6. The van der Waals surface area contributed by atoms with Crippen LogP contribution in [0, 0.1) is 5.92 Å². The molecule has 1 fully saturated rings. The van der Waals surface area contributed by atoms with Gasteiger partial charge in [-0.1, -0.05) is 73.9 Å². The largest absolute Gasteiger partial charge is 0.489 e. The molecule has 1 saturated carbocycles. The van der Waals surface area contributed by atoms with Crippen LogP contribution in [-0.4, -0.2) is 27.9 Å². The maximum Gasteiger partial charge on any atom is 0.337 e. The predicted molar refractivity (Wildman–Crippen MR) is 162 cm³/mol. The highest BCUT2D eigenvalue weighted by molar-refractivity contribution is 7.10. The molecule has 5 rings (SSSR count). The van der Waals surface area contributed by atoms with E-state index in [1.807, 2.05) is 54.6 Å². The number of benzene rings is 3. The van der Waals surface area contributed by atoms with Gasteiger partial charge in [0.2, 0.25) is 5.91 Å². The Labute approximate surface area is 248 Å². The lowest BCUT2D eigenvalue weighted by atomic mass is 9.88. The molecule has 42 heavy (non-hydrogen) atoms. The van der Waals surface area contributed by atoms with Crippen molar-refractivity contribution in [2.24, 2.45) is 5.92 Å². The number of thiazole rings is 1. The zero-order valence-electron chi connectivity index (χ0n) is 23.1. The summed E-state index contributed by atoms with van der Waals surface area (Å²) in [7, 11) is 0. The van der Waals surface area contributed by atoms with Crippen LogP contribution in [0.2, 0.25) is 0 Å². The SMILES string of the molecule is O=C(Nc1ccccc1C(=O)O)c1csc([C@H](Cc2ccc(OCc3ccccc3)cc2)NC(=O)C2CCCCC2)n1. The number of amides is 2. The number of anilines is 1. The van der Waals surface area contributed by atoms with Crippen LogP contribution in [0.3, 0.4) is 0 Å². The van der Waals surface area contributed by atoms with Crippen LogP contribution in [0.15, 0.2) is 84.2 Å². The van der Waals surface area contributed by atoms with Gasteiger partial charge in [0.25, 0.3) is 5.91 Å². The minimum Gasteiger partial charge on any atom is -0.489 e. The molecule has 4 aromatic rings. The number of aromatic carboxylic acids is 1. The van der Waals surface area contributed by atoms with Gasteiger partial charge in [0, 0.05) is 11.3 Å². The second-order valence-electron chi connectivity index (χ2n) is 10.4. The fraction of sp³-hybridized carbons (Fsp3) is 0.273. The van der Waals surface area contributed by atoms with Crippen LogP contribution in [0.4, 0.5) is 5.69 Å². The van der Waals surface area contributed by atoms with Gasteiger partial charge in [0.15, 0.2) is 0 Å².